The molecule has 1 aliphatic carbocycles. The van der Waals surface area contributed by atoms with Crippen molar-refractivity contribution in [1.29, 1.82) is 0 Å². The Labute approximate surface area is 118 Å². The zero-order valence-electron chi connectivity index (χ0n) is 11.4. The van der Waals surface area contributed by atoms with Crippen LogP contribution in [0.25, 0.3) is 0 Å². The van der Waals surface area contributed by atoms with E-state index in [1.807, 2.05) is 0 Å². The van der Waals surface area contributed by atoms with Gasteiger partial charge in [0.15, 0.2) is 0 Å². The summed E-state index contributed by atoms with van der Waals surface area (Å²) in [4.78, 5) is 19.1. The van der Waals surface area contributed by atoms with Gasteiger partial charge in [-0.1, -0.05) is 0 Å². The molecular formula is C11H14F3N5O2. The number of halogens is 3. The number of nitrogens with zero attached hydrogens (tertiary/aromatic N) is 4. The van der Waals surface area contributed by atoms with Gasteiger partial charge in [-0.15, -0.1) is 0 Å². The molecule has 0 spiro atoms. The van der Waals surface area contributed by atoms with Gasteiger partial charge in [0.05, 0.1) is 4.92 Å². The normalized spacial score (nSPS) is 14.9. The van der Waals surface area contributed by atoms with E-state index in [0.29, 0.717) is 12.8 Å². The Hall–Kier alpha value is -2.13. The van der Waals surface area contributed by atoms with Crippen LogP contribution in [0.1, 0.15) is 18.5 Å². The number of nitro groups is 1. The summed E-state index contributed by atoms with van der Waals surface area (Å²) in [6.07, 6.45) is -3.34. The molecule has 1 heterocycles. The van der Waals surface area contributed by atoms with Gasteiger partial charge >= 0.3 is 11.9 Å². The third-order valence-corrected chi connectivity index (χ3v) is 3.06. The fourth-order valence-corrected chi connectivity index (χ4v) is 2.03. The molecule has 1 fully saturated rings. The van der Waals surface area contributed by atoms with Gasteiger partial charge in [-0.3, -0.25) is 10.1 Å². The van der Waals surface area contributed by atoms with Crippen LogP contribution in [0.2, 0.25) is 0 Å². The zero-order valence-corrected chi connectivity index (χ0v) is 11.4. The molecule has 0 aromatic carbocycles. The summed E-state index contributed by atoms with van der Waals surface area (Å²) >= 11 is 0. The molecule has 0 aliphatic heterocycles. The maximum absolute atomic E-state index is 12.7. The average molecular weight is 305 g/mol. The minimum Gasteiger partial charge on any atom is -0.357 e. The van der Waals surface area contributed by atoms with Crippen LogP contribution in [-0.4, -0.2) is 40.7 Å². The van der Waals surface area contributed by atoms with Gasteiger partial charge in [0.2, 0.25) is 11.8 Å². The molecule has 0 unspecified atom stereocenters. The lowest BCUT2D eigenvalue weighted by Gasteiger charge is -2.25. The monoisotopic (exact) mass is 305 g/mol. The van der Waals surface area contributed by atoms with E-state index < -0.39 is 23.3 Å². The predicted molar refractivity (Wildman–Crippen MR) is 69.4 cm³/mol. The first kappa shape index (κ1) is 15.3. The highest BCUT2D eigenvalue weighted by Gasteiger charge is 2.42. The lowest BCUT2D eigenvalue weighted by Crippen LogP contribution is -2.37. The van der Waals surface area contributed by atoms with Gasteiger partial charge in [0.1, 0.15) is 12.2 Å². The van der Waals surface area contributed by atoms with Crippen LogP contribution in [0, 0.1) is 17.0 Å². The summed E-state index contributed by atoms with van der Waals surface area (Å²) in [6, 6.07) is -0.371. The van der Waals surface area contributed by atoms with E-state index in [1.54, 1.807) is 0 Å². The Kier molecular flexibility index (Phi) is 3.88. The second kappa shape index (κ2) is 5.34. The molecule has 1 N–H and O–H groups in total. The first-order valence-corrected chi connectivity index (χ1v) is 6.27. The van der Waals surface area contributed by atoms with Crippen molar-refractivity contribution in [2.45, 2.75) is 32.0 Å². The molecule has 1 aromatic rings. The van der Waals surface area contributed by atoms with Crippen molar-refractivity contribution in [3.8, 4) is 0 Å². The first-order chi connectivity index (χ1) is 9.73. The molecule has 1 saturated carbocycles. The minimum atomic E-state index is -4.46. The zero-order chi connectivity index (χ0) is 15.8. The van der Waals surface area contributed by atoms with E-state index in [1.165, 1.54) is 14.0 Å². The molecule has 0 amide bonds. The second-order valence-corrected chi connectivity index (χ2v) is 4.79. The molecule has 21 heavy (non-hydrogen) atoms. The fourth-order valence-electron chi connectivity index (χ4n) is 2.03. The van der Waals surface area contributed by atoms with Crippen LogP contribution in [0.15, 0.2) is 0 Å². The number of hydrogen-bond donors (Lipinski definition) is 1. The van der Waals surface area contributed by atoms with Gasteiger partial charge in [0, 0.05) is 13.1 Å². The number of alkyl halides is 3. The van der Waals surface area contributed by atoms with Crippen LogP contribution in [0.5, 0.6) is 0 Å². The molecule has 1 aliphatic rings. The summed E-state index contributed by atoms with van der Waals surface area (Å²) in [7, 11) is 1.50. The standard InChI is InChI=1S/C11H14F3N5O2/c1-6-8(19(20)21)9(17-10(15-2)16-6)18(7-3-4-7)5-11(12,13)14/h7H,3-5H2,1-2H3,(H,15,16,17). The number of aromatic nitrogens is 2. The van der Waals surface area contributed by atoms with E-state index in [2.05, 4.69) is 15.3 Å². The quantitative estimate of drug-likeness (QED) is 0.663. The Balaban J connectivity index is 2.52. The average Bonchev–Trinajstić information content (AvgIpc) is 3.17. The SMILES string of the molecule is CNc1nc(C)c([N+](=O)[O-])c(N(CC(F)(F)F)C2CC2)n1. The Morgan fingerprint density at radius 1 is 1.43 bits per heavy atom. The van der Waals surface area contributed by atoms with Gasteiger partial charge < -0.3 is 10.2 Å². The first-order valence-electron chi connectivity index (χ1n) is 6.27. The van der Waals surface area contributed by atoms with E-state index in [-0.39, 0.29) is 23.5 Å². The smallest absolute Gasteiger partial charge is 0.357 e. The molecule has 2 rings (SSSR count). The summed E-state index contributed by atoms with van der Waals surface area (Å²) < 4.78 is 38.2. The topological polar surface area (TPSA) is 84.2 Å². The maximum Gasteiger partial charge on any atom is 0.405 e. The number of nitrogens with one attached hydrogen (secondary N) is 1. The highest BCUT2D eigenvalue weighted by atomic mass is 19.4. The van der Waals surface area contributed by atoms with E-state index in [9.17, 15) is 23.3 Å². The van der Waals surface area contributed by atoms with Crippen molar-refractivity contribution >= 4 is 17.5 Å². The van der Waals surface area contributed by atoms with Gasteiger partial charge in [0.25, 0.3) is 0 Å². The van der Waals surface area contributed by atoms with E-state index in [0.717, 1.165) is 4.90 Å². The molecule has 10 heteroatoms. The third kappa shape index (κ3) is 3.50. The Morgan fingerprint density at radius 3 is 2.48 bits per heavy atom. The van der Waals surface area contributed by atoms with Crippen LogP contribution in [0.4, 0.5) is 30.6 Å². The van der Waals surface area contributed by atoms with Crippen molar-refractivity contribution in [2.24, 2.45) is 0 Å². The number of anilines is 2. The van der Waals surface area contributed by atoms with Crippen LogP contribution in [0.3, 0.4) is 0 Å². The molecule has 7 nitrogen and oxygen atoms in total. The van der Waals surface area contributed by atoms with Crippen molar-refractivity contribution < 1.29 is 18.1 Å². The Bertz CT molecular complexity index is 560. The van der Waals surface area contributed by atoms with Crippen molar-refractivity contribution in [2.75, 3.05) is 23.8 Å². The molecule has 0 atom stereocenters. The van der Waals surface area contributed by atoms with Crippen LogP contribution in [-0.2, 0) is 0 Å². The third-order valence-electron chi connectivity index (χ3n) is 3.06. The lowest BCUT2D eigenvalue weighted by molar-refractivity contribution is -0.385. The summed E-state index contributed by atoms with van der Waals surface area (Å²) in [6.45, 7) is 0.112. The van der Waals surface area contributed by atoms with Gasteiger partial charge in [-0.25, -0.2) is 4.98 Å². The molecule has 116 valence electrons. The van der Waals surface area contributed by atoms with E-state index >= 15 is 0 Å². The number of hydrogen-bond acceptors (Lipinski definition) is 6. The summed E-state index contributed by atoms with van der Waals surface area (Å²) in [5.41, 5.74) is -0.452. The van der Waals surface area contributed by atoms with Gasteiger partial charge in [-0.2, -0.15) is 18.2 Å². The van der Waals surface area contributed by atoms with E-state index in [4.69, 9.17) is 0 Å². The number of aryl methyl sites for hydroxylation is 1. The highest BCUT2D eigenvalue weighted by Crippen LogP contribution is 2.39. The van der Waals surface area contributed by atoms with Crippen molar-refractivity contribution in [1.82, 2.24) is 9.97 Å². The molecule has 1 aromatic heterocycles. The van der Waals surface area contributed by atoms with Crippen molar-refractivity contribution in [3.05, 3.63) is 15.8 Å². The largest absolute Gasteiger partial charge is 0.405 e. The molecule has 0 radical (unpaired) electrons. The van der Waals surface area contributed by atoms with Crippen LogP contribution < -0.4 is 10.2 Å². The van der Waals surface area contributed by atoms with Crippen molar-refractivity contribution in [3.63, 3.8) is 0 Å². The molecular weight excluding hydrogens is 291 g/mol. The summed E-state index contributed by atoms with van der Waals surface area (Å²) in [5.74, 6) is -0.224. The molecule has 0 bridgehead atoms. The predicted octanol–water partition coefficient (Wildman–Crippen LogP) is 2.27. The van der Waals surface area contributed by atoms with Crippen LogP contribution >= 0.6 is 0 Å². The number of rotatable bonds is 5. The minimum absolute atomic E-state index is 0.0298. The highest BCUT2D eigenvalue weighted by molar-refractivity contribution is 5.63. The second-order valence-electron chi connectivity index (χ2n) is 4.79. The molecule has 0 saturated heterocycles. The summed E-state index contributed by atoms with van der Waals surface area (Å²) in [5, 5.41) is 13.8. The van der Waals surface area contributed by atoms with Gasteiger partial charge in [-0.05, 0) is 19.8 Å². The Morgan fingerprint density at radius 2 is 2.05 bits per heavy atom. The maximum atomic E-state index is 12.7. The lowest BCUT2D eigenvalue weighted by atomic mass is 10.3. The fraction of sp³-hybridized carbons (Fsp3) is 0.636.